The van der Waals surface area contributed by atoms with Crippen molar-refractivity contribution in [3.05, 3.63) is 164 Å². The van der Waals surface area contributed by atoms with E-state index in [2.05, 4.69) is 141 Å². The molecule has 0 saturated heterocycles. The van der Waals surface area contributed by atoms with E-state index >= 15 is 0 Å². The number of aromatic nitrogens is 5. The highest BCUT2D eigenvalue weighted by Crippen LogP contribution is 2.46. The molecule has 0 aliphatic carbocycles. The van der Waals surface area contributed by atoms with Crippen molar-refractivity contribution >= 4 is 81.7 Å². The number of hydrogen-bond donors (Lipinski definition) is 0. The molecular weight excluding hydrogens is 635 g/mol. The van der Waals surface area contributed by atoms with Gasteiger partial charge in [-0.1, -0.05) is 103 Å². The quantitative estimate of drug-likeness (QED) is 0.189. The zero-order chi connectivity index (χ0) is 33.9. The molecule has 5 aromatic heterocycles. The van der Waals surface area contributed by atoms with E-state index < -0.39 is 0 Å². The van der Waals surface area contributed by atoms with Gasteiger partial charge in [0.2, 0.25) is 0 Å². The largest absolute Gasteiger partial charge is 0.309 e. The molecule has 0 radical (unpaired) electrons. The fourth-order valence-corrected chi connectivity index (χ4v) is 8.72. The molecule has 52 heavy (non-hydrogen) atoms. The Bertz CT molecular complexity index is 3390. The van der Waals surface area contributed by atoms with Gasteiger partial charge < -0.3 is 8.97 Å². The smallest absolute Gasteiger partial charge is 0.163 e. The standard InChI is InChI=1S/C47H27N5/c1-2-11-29(12-3-1)43-37-17-9-27-48-47(37)50-46(49-43)30-19-22-31(23-20-30)51-39-25-26-40-41(42(39)36-24-21-28-10-4-5-13-32(28)44(36)51)35-16-8-15-34-33-14-6-7-18-38(33)52(40)45(34)35/h1-27H. The molecule has 12 rings (SSSR count). The van der Waals surface area contributed by atoms with Gasteiger partial charge in [-0.15, -0.1) is 0 Å². The zero-order valence-electron chi connectivity index (χ0n) is 27.8. The number of nitrogens with zero attached hydrogens (tertiary/aromatic N) is 5. The van der Waals surface area contributed by atoms with E-state index in [1.54, 1.807) is 6.20 Å². The van der Waals surface area contributed by atoms with Crippen LogP contribution in [0.15, 0.2) is 164 Å². The molecular formula is C47H27N5. The van der Waals surface area contributed by atoms with E-state index in [1.165, 1.54) is 70.7 Å². The summed E-state index contributed by atoms with van der Waals surface area (Å²) >= 11 is 0. The van der Waals surface area contributed by atoms with Crippen LogP contribution in [0.1, 0.15) is 0 Å². The Labute approximate surface area is 297 Å². The lowest BCUT2D eigenvalue weighted by Gasteiger charge is -2.12. The lowest BCUT2D eigenvalue weighted by atomic mass is 10.0. The van der Waals surface area contributed by atoms with Crippen LogP contribution in [0.3, 0.4) is 0 Å². The molecule has 0 saturated carbocycles. The summed E-state index contributed by atoms with van der Waals surface area (Å²) in [7, 11) is 0. The van der Waals surface area contributed by atoms with Crippen molar-refractivity contribution in [1.82, 2.24) is 23.9 Å². The van der Waals surface area contributed by atoms with Gasteiger partial charge in [-0.2, -0.15) is 0 Å². The molecule has 0 bridgehead atoms. The Morgan fingerprint density at radius 1 is 0.404 bits per heavy atom. The Kier molecular flexibility index (Phi) is 5.44. The van der Waals surface area contributed by atoms with E-state index in [0.717, 1.165) is 27.9 Å². The molecule has 5 heterocycles. The van der Waals surface area contributed by atoms with Crippen molar-refractivity contribution in [1.29, 1.82) is 0 Å². The van der Waals surface area contributed by atoms with Gasteiger partial charge in [0.1, 0.15) is 0 Å². The van der Waals surface area contributed by atoms with Gasteiger partial charge in [0.25, 0.3) is 0 Å². The fourth-order valence-electron chi connectivity index (χ4n) is 8.72. The van der Waals surface area contributed by atoms with Crippen LogP contribution in [0.25, 0.3) is 110 Å². The van der Waals surface area contributed by atoms with Crippen molar-refractivity contribution in [3.63, 3.8) is 0 Å². The van der Waals surface area contributed by atoms with Crippen LogP contribution in [0.5, 0.6) is 0 Å². The molecule has 0 N–H and O–H groups in total. The third kappa shape index (κ3) is 3.64. The molecule has 0 unspecified atom stereocenters. The van der Waals surface area contributed by atoms with Crippen LogP contribution in [0, 0.1) is 0 Å². The fraction of sp³-hybridized carbons (Fsp3) is 0. The first-order valence-electron chi connectivity index (χ1n) is 17.6. The second kappa shape index (κ2) is 10.2. The summed E-state index contributed by atoms with van der Waals surface area (Å²) in [6, 6.07) is 56.4. The number of pyridine rings is 1. The topological polar surface area (TPSA) is 48.0 Å². The van der Waals surface area contributed by atoms with Gasteiger partial charge >= 0.3 is 0 Å². The molecule has 0 fully saturated rings. The van der Waals surface area contributed by atoms with Gasteiger partial charge in [-0.25, -0.2) is 15.0 Å². The van der Waals surface area contributed by atoms with Crippen LogP contribution in [-0.4, -0.2) is 23.9 Å². The Morgan fingerprint density at radius 3 is 2.02 bits per heavy atom. The summed E-state index contributed by atoms with van der Waals surface area (Å²) in [5, 5.41) is 11.1. The highest BCUT2D eigenvalue weighted by Gasteiger charge is 2.23. The van der Waals surface area contributed by atoms with Crippen LogP contribution in [-0.2, 0) is 0 Å². The Balaban J connectivity index is 1.13. The normalized spacial score (nSPS) is 12.2. The van der Waals surface area contributed by atoms with E-state index in [4.69, 9.17) is 9.97 Å². The van der Waals surface area contributed by atoms with Crippen LogP contribution in [0.4, 0.5) is 0 Å². The molecule has 0 atom stereocenters. The second-order valence-electron chi connectivity index (χ2n) is 13.6. The zero-order valence-corrected chi connectivity index (χ0v) is 27.8. The lowest BCUT2D eigenvalue weighted by molar-refractivity contribution is 1.17. The molecule has 12 aromatic rings. The summed E-state index contributed by atoms with van der Waals surface area (Å²) in [6.45, 7) is 0. The molecule has 0 aliphatic heterocycles. The van der Waals surface area contributed by atoms with Gasteiger partial charge in [0.05, 0.1) is 33.3 Å². The van der Waals surface area contributed by atoms with Crippen LogP contribution >= 0.6 is 0 Å². The van der Waals surface area contributed by atoms with E-state index in [1.807, 2.05) is 30.3 Å². The first-order valence-corrected chi connectivity index (χ1v) is 17.6. The summed E-state index contributed by atoms with van der Waals surface area (Å²) < 4.78 is 4.91. The predicted molar refractivity (Wildman–Crippen MR) is 215 cm³/mol. The van der Waals surface area contributed by atoms with Crippen molar-refractivity contribution in [3.8, 4) is 28.3 Å². The van der Waals surface area contributed by atoms with Crippen LogP contribution < -0.4 is 0 Å². The highest BCUT2D eigenvalue weighted by molar-refractivity contribution is 6.34. The minimum Gasteiger partial charge on any atom is -0.309 e. The molecule has 5 heteroatoms. The molecule has 5 nitrogen and oxygen atoms in total. The minimum absolute atomic E-state index is 0.657. The average Bonchev–Trinajstić information content (AvgIpc) is 3.86. The average molecular weight is 662 g/mol. The third-order valence-corrected chi connectivity index (χ3v) is 10.9. The first kappa shape index (κ1) is 27.7. The Morgan fingerprint density at radius 2 is 1.12 bits per heavy atom. The van der Waals surface area contributed by atoms with Crippen molar-refractivity contribution in [2.75, 3.05) is 0 Å². The summed E-state index contributed by atoms with van der Waals surface area (Å²) in [5.74, 6) is 0.657. The Hall–Kier alpha value is -7.11. The van der Waals surface area contributed by atoms with Gasteiger partial charge in [0, 0.05) is 66.1 Å². The van der Waals surface area contributed by atoms with Crippen molar-refractivity contribution in [2.45, 2.75) is 0 Å². The van der Waals surface area contributed by atoms with Crippen LogP contribution in [0.2, 0.25) is 0 Å². The minimum atomic E-state index is 0.657. The lowest BCUT2D eigenvalue weighted by Crippen LogP contribution is -1.98. The van der Waals surface area contributed by atoms with Crippen molar-refractivity contribution < 1.29 is 0 Å². The maximum atomic E-state index is 5.11. The second-order valence-corrected chi connectivity index (χ2v) is 13.6. The van der Waals surface area contributed by atoms with Gasteiger partial charge in [-0.05, 0) is 60.0 Å². The molecule has 240 valence electrons. The van der Waals surface area contributed by atoms with Crippen molar-refractivity contribution in [2.24, 2.45) is 0 Å². The van der Waals surface area contributed by atoms with E-state index in [9.17, 15) is 0 Å². The number of rotatable bonds is 3. The summed E-state index contributed by atoms with van der Waals surface area (Å²) in [6.07, 6.45) is 1.79. The molecule has 7 aromatic carbocycles. The first-order chi connectivity index (χ1) is 25.8. The maximum absolute atomic E-state index is 5.11. The molecule has 0 spiro atoms. The number of para-hydroxylation sites is 2. The van der Waals surface area contributed by atoms with Gasteiger partial charge in [-0.3, -0.25) is 0 Å². The van der Waals surface area contributed by atoms with E-state index in [-0.39, 0.29) is 0 Å². The maximum Gasteiger partial charge on any atom is 0.163 e. The third-order valence-electron chi connectivity index (χ3n) is 10.9. The SMILES string of the molecule is c1ccc(-c2nc(-c3ccc(-n4c5ccc6c(c7cccc8c9ccccc9n6c87)c5c5ccc6ccccc6c54)cc3)nc3ncccc23)cc1. The summed E-state index contributed by atoms with van der Waals surface area (Å²) in [5.41, 5.74) is 10.8. The number of benzene rings is 7. The predicted octanol–water partition coefficient (Wildman–Crippen LogP) is 11.8. The number of fused-ring (bicyclic) bond motifs is 13. The highest BCUT2D eigenvalue weighted by atomic mass is 15.0. The monoisotopic (exact) mass is 661 g/mol. The molecule has 0 aliphatic rings. The number of hydrogen-bond acceptors (Lipinski definition) is 3. The van der Waals surface area contributed by atoms with E-state index in [0.29, 0.717) is 11.5 Å². The summed E-state index contributed by atoms with van der Waals surface area (Å²) in [4.78, 5) is 14.7. The molecule has 0 amide bonds. The van der Waals surface area contributed by atoms with Gasteiger partial charge in [0.15, 0.2) is 11.5 Å².